The zero-order valence-corrected chi connectivity index (χ0v) is 40.9. The summed E-state index contributed by atoms with van der Waals surface area (Å²) in [4.78, 5) is 0. The lowest BCUT2D eigenvalue weighted by Gasteiger charge is -2.35. The van der Waals surface area contributed by atoms with Crippen molar-refractivity contribution >= 4 is 8.60 Å². The molecule has 1 N–H and O–H groups in total. The number of aromatic hydroxyl groups is 1. The molecule has 4 aromatic carbocycles. The SMILES string of the molecule is Cc1cc2c(c(C(C)(C)C)c1)OP(Oc1c(C(C)c3cc(C(C)(C)C)cc(C(C)(C)C)c3O)cc(C(C)(C)C)cc1C(C)(C)C)Oc1c(cc(C)cc1C(C)(C)C)C2. The van der Waals surface area contributed by atoms with E-state index in [2.05, 4.69) is 194 Å². The Balaban J connectivity index is 1.87. The van der Waals surface area contributed by atoms with E-state index in [4.69, 9.17) is 13.6 Å². The number of fused-ring (bicyclic) bond motifs is 2. The second-order valence-corrected chi connectivity index (χ2v) is 24.4. The molecule has 0 bridgehead atoms. The van der Waals surface area contributed by atoms with Crippen molar-refractivity contribution in [2.24, 2.45) is 0 Å². The Morgan fingerprint density at radius 1 is 0.500 bits per heavy atom. The molecule has 0 fully saturated rings. The van der Waals surface area contributed by atoms with Gasteiger partial charge in [-0.3, -0.25) is 0 Å². The number of rotatable bonds is 4. The van der Waals surface area contributed by atoms with E-state index < -0.39 is 8.60 Å². The highest BCUT2D eigenvalue weighted by molar-refractivity contribution is 7.43. The van der Waals surface area contributed by atoms with E-state index in [-0.39, 0.29) is 38.4 Å². The monoisotopic (exact) mass is 807 g/mol. The number of hydrogen-bond acceptors (Lipinski definition) is 4. The highest BCUT2D eigenvalue weighted by Crippen LogP contribution is 2.56. The quantitative estimate of drug-likeness (QED) is 0.209. The van der Waals surface area contributed by atoms with Crippen LogP contribution in [0.2, 0.25) is 0 Å². The van der Waals surface area contributed by atoms with Gasteiger partial charge in [-0.2, -0.15) is 0 Å². The minimum atomic E-state index is -2.04. The minimum Gasteiger partial charge on any atom is -0.507 e. The molecule has 5 rings (SSSR count). The molecule has 0 amide bonds. The molecule has 1 heterocycles. The molecular weight excluding hydrogens is 732 g/mol. The molecule has 0 spiro atoms. The van der Waals surface area contributed by atoms with E-state index in [1.54, 1.807) is 0 Å². The average molecular weight is 807 g/mol. The topological polar surface area (TPSA) is 47.9 Å². The fourth-order valence-electron chi connectivity index (χ4n) is 8.00. The molecule has 4 nitrogen and oxygen atoms in total. The van der Waals surface area contributed by atoms with Crippen LogP contribution in [0.25, 0.3) is 0 Å². The standard InChI is InChI=1S/C53H75O4P/c1-31-22-34-26-35-23-32(2)25-42(52(16,17)18)46(35)56-58(55-45(34)41(24-31)51(13,14)15)57-47-39(28-37(49(7,8)9)30-43(47)53(19,20)21)33(3)38-27-36(48(4,5)6)29-40(44(38)54)50(10,11)12/h22-25,27-30,33,54H,26H2,1-21H3. The Kier molecular flexibility index (Phi) is 12.0. The third-order valence-electron chi connectivity index (χ3n) is 11.7. The molecule has 1 unspecified atom stereocenters. The van der Waals surface area contributed by atoms with E-state index in [9.17, 15) is 5.11 Å². The maximum atomic E-state index is 12.3. The molecule has 58 heavy (non-hydrogen) atoms. The van der Waals surface area contributed by atoms with Crippen molar-refractivity contribution in [1.82, 2.24) is 0 Å². The van der Waals surface area contributed by atoms with Crippen LogP contribution >= 0.6 is 8.60 Å². The van der Waals surface area contributed by atoms with Crippen molar-refractivity contribution in [3.63, 3.8) is 0 Å². The predicted octanol–water partition coefficient (Wildman–Crippen LogP) is 15.6. The molecule has 0 saturated carbocycles. The lowest BCUT2D eigenvalue weighted by atomic mass is 9.74. The zero-order chi connectivity index (χ0) is 43.9. The summed E-state index contributed by atoms with van der Waals surface area (Å²) in [6.07, 6.45) is 0.693. The molecule has 1 atom stereocenters. The van der Waals surface area contributed by atoms with Crippen molar-refractivity contribution in [2.45, 2.75) is 190 Å². The average Bonchev–Trinajstić information content (AvgIpc) is 3.02. The van der Waals surface area contributed by atoms with Crippen LogP contribution in [0.1, 0.15) is 204 Å². The second-order valence-electron chi connectivity index (χ2n) is 23.4. The van der Waals surface area contributed by atoms with Crippen LogP contribution in [-0.4, -0.2) is 5.11 Å². The Hall–Kier alpha value is -3.49. The molecule has 4 aromatic rings. The van der Waals surface area contributed by atoms with Crippen molar-refractivity contribution in [2.75, 3.05) is 0 Å². The number of phenols is 1. The molecule has 1 aliphatic rings. The summed E-state index contributed by atoms with van der Waals surface area (Å²) >= 11 is 0. The van der Waals surface area contributed by atoms with Crippen LogP contribution in [0.15, 0.2) is 48.5 Å². The number of phenolic OH excluding ortho intramolecular Hbond substituents is 1. The van der Waals surface area contributed by atoms with E-state index in [0.29, 0.717) is 12.2 Å². The smallest absolute Gasteiger partial charge is 0.507 e. The van der Waals surface area contributed by atoms with Gasteiger partial charge in [0.15, 0.2) is 0 Å². The van der Waals surface area contributed by atoms with Crippen molar-refractivity contribution < 1.29 is 18.7 Å². The van der Waals surface area contributed by atoms with Crippen LogP contribution < -0.4 is 13.6 Å². The third-order valence-corrected chi connectivity index (χ3v) is 12.6. The summed E-state index contributed by atoms with van der Waals surface area (Å²) in [5.41, 5.74) is 12.1. The molecule has 316 valence electrons. The van der Waals surface area contributed by atoms with Gasteiger partial charge in [-0.1, -0.05) is 191 Å². The summed E-state index contributed by atoms with van der Waals surface area (Å²) in [7, 11) is -2.04. The van der Waals surface area contributed by atoms with Gasteiger partial charge in [-0.15, -0.1) is 0 Å². The fourth-order valence-corrected chi connectivity index (χ4v) is 9.19. The third kappa shape index (κ3) is 9.59. The number of benzene rings is 4. The van der Waals surface area contributed by atoms with Gasteiger partial charge in [0.05, 0.1) is 0 Å². The molecule has 0 aliphatic carbocycles. The highest BCUT2D eigenvalue weighted by Gasteiger charge is 2.38. The van der Waals surface area contributed by atoms with Crippen molar-refractivity contribution in [1.29, 1.82) is 0 Å². The van der Waals surface area contributed by atoms with Gasteiger partial charge in [0.25, 0.3) is 0 Å². The van der Waals surface area contributed by atoms with Gasteiger partial charge in [-0.25, -0.2) is 0 Å². The molecular formula is C53H75O4P. The summed E-state index contributed by atoms with van der Waals surface area (Å²) in [6.45, 7) is 46.9. The Morgan fingerprint density at radius 2 is 0.879 bits per heavy atom. The zero-order valence-electron chi connectivity index (χ0n) is 40.0. The van der Waals surface area contributed by atoms with Crippen LogP contribution in [-0.2, 0) is 38.9 Å². The summed E-state index contributed by atoms with van der Waals surface area (Å²) in [5, 5.41) is 12.3. The van der Waals surface area contributed by atoms with Gasteiger partial charge >= 0.3 is 8.60 Å². The van der Waals surface area contributed by atoms with Gasteiger partial charge in [0.2, 0.25) is 0 Å². The molecule has 0 radical (unpaired) electrons. The second kappa shape index (κ2) is 15.2. The molecule has 1 aliphatic heterocycles. The van der Waals surface area contributed by atoms with E-state index >= 15 is 0 Å². The minimum absolute atomic E-state index is 0.123. The largest absolute Gasteiger partial charge is 0.530 e. The van der Waals surface area contributed by atoms with E-state index in [1.165, 1.54) is 22.3 Å². The first-order chi connectivity index (χ1) is 26.2. The van der Waals surface area contributed by atoms with Crippen molar-refractivity contribution in [3.8, 4) is 23.0 Å². The maximum Gasteiger partial charge on any atom is 0.530 e. The number of hydrogen-bond donors (Lipinski definition) is 1. The first-order valence-electron chi connectivity index (χ1n) is 21.4. The molecule has 0 saturated heterocycles. The predicted molar refractivity (Wildman–Crippen MR) is 248 cm³/mol. The Morgan fingerprint density at radius 3 is 1.26 bits per heavy atom. The van der Waals surface area contributed by atoms with Gasteiger partial charge in [0.1, 0.15) is 23.0 Å². The van der Waals surface area contributed by atoms with Gasteiger partial charge in [-0.05, 0) is 74.2 Å². The summed E-state index contributed by atoms with van der Waals surface area (Å²) < 4.78 is 21.9. The molecule has 5 heteroatoms. The Labute approximate surface area is 354 Å². The van der Waals surface area contributed by atoms with Crippen LogP contribution in [0, 0.1) is 13.8 Å². The van der Waals surface area contributed by atoms with Crippen molar-refractivity contribution in [3.05, 3.63) is 115 Å². The van der Waals surface area contributed by atoms with E-state index in [0.717, 1.165) is 61.8 Å². The molecule has 0 aromatic heterocycles. The van der Waals surface area contributed by atoms with Crippen LogP contribution in [0.4, 0.5) is 0 Å². The van der Waals surface area contributed by atoms with E-state index in [1.807, 2.05) is 0 Å². The summed E-state index contributed by atoms with van der Waals surface area (Å²) in [5.74, 6) is 2.57. The fraction of sp³-hybridized carbons (Fsp3) is 0.547. The van der Waals surface area contributed by atoms with Gasteiger partial charge in [0, 0.05) is 40.2 Å². The highest BCUT2D eigenvalue weighted by atomic mass is 31.2. The first kappa shape index (κ1) is 45.6. The lowest BCUT2D eigenvalue weighted by molar-refractivity contribution is 0.363. The lowest BCUT2D eigenvalue weighted by Crippen LogP contribution is -2.22. The Bertz CT molecular complexity index is 2110. The normalized spacial score (nSPS) is 15.1. The maximum absolute atomic E-state index is 12.3. The number of aryl methyl sites for hydroxylation is 2. The first-order valence-corrected chi connectivity index (χ1v) is 22.5. The van der Waals surface area contributed by atoms with Crippen LogP contribution in [0.5, 0.6) is 23.0 Å². The summed E-state index contributed by atoms with van der Waals surface area (Å²) in [6, 6.07) is 18.1. The van der Waals surface area contributed by atoms with Gasteiger partial charge < -0.3 is 18.7 Å². The van der Waals surface area contributed by atoms with Crippen LogP contribution in [0.3, 0.4) is 0 Å².